The van der Waals surface area contributed by atoms with E-state index in [0.717, 1.165) is 0 Å². The van der Waals surface area contributed by atoms with E-state index in [0.29, 0.717) is 17.7 Å². The number of benzene rings is 1. The maximum absolute atomic E-state index is 11.8. The summed E-state index contributed by atoms with van der Waals surface area (Å²) in [5.41, 5.74) is 0.532. The third-order valence-electron chi connectivity index (χ3n) is 3.03. The topological polar surface area (TPSA) is 46.6 Å². The molecule has 0 aliphatic heterocycles. The highest BCUT2D eigenvalue weighted by Crippen LogP contribution is 2.19. The van der Waals surface area contributed by atoms with Crippen molar-refractivity contribution in [1.82, 2.24) is 4.90 Å². The summed E-state index contributed by atoms with van der Waals surface area (Å²) in [4.78, 5) is 25.2. The summed E-state index contributed by atoms with van der Waals surface area (Å²) in [6.07, 6.45) is 0.417. The molecule has 1 aromatic carbocycles. The molecule has 0 saturated carbocycles. The maximum Gasteiger partial charge on any atom is 0.260 e. The highest BCUT2D eigenvalue weighted by atomic mass is 16.5. The first-order valence-electron chi connectivity index (χ1n) is 6.48. The van der Waals surface area contributed by atoms with Crippen LogP contribution in [0.5, 0.6) is 5.75 Å². The molecule has 0 atom stereocenters. The first-order chi connectivity index (χ1) is 8.97. The molecular weight excluding hydrogens is 242 g/mol. The third kappa shape index (κ3) is 4.09. The van der Waals surface area contributed by atoms with Crippen LogP contribution in [-0.2, 0) is 4.79 Å². The van der Waals surface area contributed by atoms with Gasteiger partial charge < -0.3 is 9.64 Å². The molecule has 19 heavy (non-hydrogen) atoms. The fourth-order valence-corrected chi connectivity index (χ4v) is 1.54. The minimum Gasteiger partial charge on any atom is -0.483 e. The predicted octanol–water partition coefficient (Wildman–Crippen LogP) is 2.52. The highest BCUT2D eigenvalue weighted by Gasteiger charge is 2.15. The first-order valence-corrected chi connectivity index (χ1v) is 6.48. The van der Waals surface area contributed by atoms with Gasteiger partial charge in [0.2, 0.25) is 0 Å². The Morgan fingerprint density at radius 2 is 1.89 bits per heavy atom. The molecule has 0 aliphatic carbocycles. The van der Waals surface area contributed by atoms with Gasteiger partial charge in [-0.2, -0.15) is 0 Å². The number of nitrogens with zero attached hydrogens (tertiary/aromatic N) is 1. The van der Waals surface area contributed by atoms with Crippen molar-refractivity contribution in [3.8, 4) is 5.75 Å². The Kier molecular flexibility index (Phi) is 5.55. The number of hydrogen-bond donors (Lipinski definition) is 0. The van der Waals surface area contributed by atoms with Crippen LogP contribution in [0.4, 0.5) is 0 Å². The Labute approximate surface area is 114 Å². The van der Waals surface area contributed by atoms with E-state index in [4.69, 9.17) is 4.74 Å². The highest BCUT2D eigenvalue weighted by molar-refractivity contribution is 5.98. The summed E-state index contributed by atoms with van der Waals surface area (Å²) in [5, 5.41) is 0. The molecule has 0 fully saturated rings. The number of carbonyl (C=O) groups excluding carboxylic acids is 2. The smallest absolute Gasteiger partial charge is 0.260 e. The summed E-state index contributed by atoms with van der Waals surface area (Å²) in [6.45, 7) is 5.62. The van der Waals surface area contributed by atoms with Crippen LogP contribution in [0.25, 0.3) is 0 Å². The zero-order chi connectivity index (χ0) is 14.4. The van der Waals surface area contributed by atoms with Crippen molar-refractivity contribution in [3.63, 3.8) is 0 Å². The Bertz CT molecular complexity index is 454. The number of carbonyl (C=O) groups is 2. The van der Waals surface area contributed by atoms with Crippen molar-refractivity contribution in [2.45, 2.75) is 33.2 Å². The predicted molar refractivity (Wildman–Crippen MR) is 74.5 cm³/mol. The largest absolute Gasteiger partial charge is 0.483 e. The van der Waals surface area contributed by atoms with Gasteiger partial charge in [0.05, 0.1) is 5.56 Å². The fourth-order valence-electron chi connectivity index (χ4n) is 1.54. The molecule has 0 spiro atoms. The Morgan fingerprint density at radius 1 is 1.26 bits per heavy atom. The second-order valence-electron chi connectivity index (χ2n) is 4.66. The van der Waals surface area contributed by atoms with E-state index in [9.17, 15) is 9.59 Å². The van der Waals surface area contributed by atoms with E-state index in [1.165, 1.54) is 0 Å². The average molecular weight is 263 g/mol. The van der Waals surface area contributed by atoms with Gasteiger partial charge >= 0.3 is 0 Å². The van der Waals surface area contributed by atoms with E-state index in [-0.39, 0.29) is 24.3 Å². The van der Waals surface area contributed by atoms with Gasteiger partial charge in [0.25, 0.3) is 5.91 Å². The summed E-state index contributed by atoms with van der Waals surface area (Å²) in [7, 11) is 1.74. The maximum atomic E-state index is 11.8. The van der Waals surface area contributed by atoms with Gasteiger partial charge in [-0.05, 0) is 26.0 Å². The quantitative estimate of drug-likeness (QED) is 0.741. The van der Waals surface area contributed by atoms with Gasteiger partial charge in [-0.3, -0.25) is 9.59 Å². The van der Waals surface area contributed by atoms with Gasteiger partial charge in [0, 0.05) is 19.5 Å². The summed E-state index contributed by atoms with van der Waals surface area (Å²) < 4.78 is 5.48. The van der Waals surface area contributed by atoms with Gasteiger partial charge in [-0.15, -0.1) is 0 Å². The van der Waals surface area contributed by atoms with Gasteiger partial charge in [0.15, 0.2) is 12.4 Å². The van der Waals surface area contributed by atoms with Gasteiger partial charge in [-0.25, -0.2) is 0 Å². The van der Waals surface area contributed by atoms with Crippen molar-refractivity contribution >= 4 is 11.7 Å². The number of amides is 1. The molecule has 0 aromatic heterocycles. The van der Waals surface area contributed by atoms with Crippen molar-refractivity contribution in [2.24, 2.45) is 0 Å². The summed E-state index contributed by atoms with van der Waals surface area (Å²) in [6, 6.07) is 7.14. The molecule has 4 nitrogen and oxygen atoms in total. The molecule has 0 bridgehead atoms. The second kappa shape index (κ2) is 6.92. The molecule has 0 N–H and O–H groups in total. The lowest BCUT2D eigenvalue weighted by Crippen LogP contribution is -2.36. The molecular formula is C15H21NO3. The van der Waals surface area contributed by atoms with Crippen LogP contribution in [0.3, 0.4) is 0 Å². The Balaban J connectivity index is 2.73. The molecule has 0 saturated heterocycles. The second-order valence-corrected chi connectivity index (χ2v) is 4.66. The van der Waals surface area contributed by atoms with E-state index in [1.54, 1.807) is 43.1 Å². The molecule has 1 amide bonds. The van der Waals surface area contributed by atoms with Crippen LogP contribution in [0.1, 0.15) is 37.6 Å². The SMILES string of the molecule is CCC(=O)c1ccccc1OCC(=O)N(C)C(C)C. The normalized spacial score (nSPS) is 10.4. The van der Waals surface area contributed by atoms with Crippen molar-refractivity contribution in [3.05, 3.63) is 29.8 Å². The molecule has 1 aromatic rings. The average Bonchev–Trinajstić information content (AvgIpc) is 2.43. The van der Waals surface area contributed by atoms with E-state index in [1.807, 2.05) is 13.8 Å². The monoisotopic (exact) mass is 263 g/mol. The number of likely N-dealkylation sites (N-methyl/N-ethyl adjacent to an activating group) is 1. The standard InChI is InChI=1S/C15H21NO3/c1-5-13(17)12-8-6-7-9-14(12)19-10-15(18)16(4)11(2)3/h6-9,11H,5,10H2,1-4H3. The lowest BCUT2D eigenvalue weighted by Gasteiger charge is -2.21. The number of hydrogen-bond acceptors (Lipinski definition) is 3. The molecule has 1 rings (SSSR count). The van der Waals surface area contributed by atoms with Crippen molar-refractivity contribution in [2.75, 3.05) is 13.7 Å². The first kappa shape index (κ1) is 15.2. The van der Waals surface area contributed by atoms with Crippen molar-refractivity contribution in [1.29, 1.82) is 0 Å². The number of Topliss-reactive ketones (excluding diaryl/α,β-unsaturated/α-hetero) is 1. The Morgan fingerprint density at radius 3 is 2.47 bits per heavy atom. The van der Waals surface area contributed by atoms with Gasteiger partial charge in [0.1, 0.15) is 5.75 Å². The number of ether oxygens (including phenoxy) is 1. The molecule has 4 heteroatoms. The lowest BCUT2D eigenvalue weighted by atomic mass is 10.1. The van der Waals surface area contributed by atoms with Crippen LogP contribution < -0.4 is 4.74 Å². The van der Waals surface area contributed by atoms with E-state index in [2.05, 4.69) is 0 Å². The fraction of sp³-hybridized carbons (Fsp3) is 0.467. The Hall–Kier alpha value is -1.84. The molecule has 0 heterocycles. The number of ketones is 1. The molecule has 0 aliphatic rings. The van der Waals surface area contributed by atoms with Crippen molar-refractivity contribution < 1.29 is 14.3 Å². The van der Waals surface area contributed by atoms with Crippen LogP contribution >= 0.6 is 0 Å². The minimum absolute atomic E-state index is 0.0141. The van der Waals surface area contributed by atoms with Crippen LogP contribution in [0, 0.1) is 0 Å². The molecule has 0 unspecified atom stereocenters. The van der Waals surface area contributed by atoms with Crippen LogP contribution in [0.15, 0.2) is 24.3 Å². The molecule has 0 radical (unpaired) electrons. The summed E-state index contributed by atoms with van der Waals surface area (Å²) >= 11 is 0. The lowest BCUT2D eigenvalue weighted by molar-refractivity contribution is -0.133. The third-order valence-corrected chi connectivity index (χ3v) is 3.03. The number of para-hydroxylation sites is 1. The molecule has 104 valence electrons. The summed E-state index contributed by atoms with van der Waals surface area (Å²) in [5.74, 6) is 0.383. The zero-order valence-corrected chi connectivity index (χ0v) is 12.0. The minimum atomic E-state index is -0.103. The van der Waals surface area contributed by atoms with E-state index < -0.39 is 0 Å². The number of rotatable bonds is 6. The van der Waals surface area contributed by atoms with Gasteiger partial charge in [-0.1, -0.05) is 19.1 Å². The van der Waals surface area contributed by atoms with Crippen LogP contribution in [-0.4, -0.2) is 36.3 Å². The van der Waals surface area contributed by atoms with E-state index >= 15 is 0 Å². The van der Waals surface area contributed by atoms with Crippen LogP contribution in [0.2, 0.25) is 0 Å². The zero-order valence-electron chi connectivity index (χ0n) is 12.0.